The van der Waals surface area contributed by atoms with Gasteiger partial charge in [0.2, 0.25) is 0 Å². The molecule has 0 aliphatic heterocycles. The van der Waals surface area contributed by atoms with Gasteiger partial charge in [0.1, 0.15) is 0 Å². The van der Waals surface area contributed by atoms with Gasteiger partial charge in [0, 0.05) is 79.1 Å². The van der Waals surface area contributed by atoms with Crippen LogP contribution >= 0.6 is 0 Å². The van der Waals surface area contributed by atoms with Gasteiger partial charge in [-0.25, -0.2) is 0 Å². The maximum Gasteiger partial charge on any atom is 0.0465 e. The van der Waals surface area contributed by atoms with Crippen LogP contribution in [0.1, 0.15) is 61.1 Å². The molecule has 0 unspecified atom stereocenters. The maximum atomic E-state index is 2.43. The SMILES string of the molecule is Cc1cccc(N(c2ccc(-c3ccc4ccccc4c3)cc2)c2ccc3c(c2)C(C)(C)c2cc(N(c4ccccc4)c4ccc(-c5ccc(-c6ccccc6)cc5)cc4)ccc2-3)c1.Cc1cccc(N(c2ccc(-c3cccc4ccccc34)cc2)c2ccc3c(c2)C(C)(C)c2cc(N(c4ccccc4)c4ccc(-c5ccc(-c6ccccc6)cc5)cc4)ccc2-3)c1. The molecule has 20 aromatic rings. The van der Waals surface area contributed by atoms with Gasteiger partial charge in [-0.1, -0.05) is 349 Å². The molecule has 0 saturated heterocycles. The molecule has 0 aromatic heterocycles. The summed E-state index contributed by atoms with van der Waals surface area (Å²) in [4.78, 5) is 9.58. The van der Waals surface area contributed by atoms with Gasteiger partial charge in [-0.05, 0) is 309 Å². The van der Waals surface area contributed by atoms with Crippen LogP contribution in [0.2, 0.25) is 0 Å². The predicted molar refractivity (Wildman–Crippen MR) is 544 cm³/mol. The van der Waals surface area contributed by atoms with Crippen LogP contribution in [0.25, 0.3) is 111 Å². The van der Waals surface area contributed by atoms with Crippen LogP contribution in [0.4, 0.5) is 68.2 Å². The van der Waals surface area contributed by atoms with Crippen LogP contribution in [-0.4, -0.2) is 0 Å². The second kappa shape index (κ2) is 33.6. The number of nitrogens with zero attached hydrogens (tertiary/aromatic N) is 4. The van der Waals surface area contributed by atoms with Crippen molar-refractivity contribution in [1.29, 1.82) is 0 Å². The van der Waals surface area contributed by atoms with Gasteiger partial charge >= 0.3 is 0 Å². The molecule has 4 heteroatoms. The lowest BCUT2D eigenvalue weighted by molar-refractivity contribution is 0.660. The molecule has 0 spiro atoms. The summed E-state index contributed by atoms with van der Waals surface area (Å²) in [6.45, 7) is 13.9. The van der Waals surface area contributed by atoms with E-state index in [0.717, 1.165) is 68.2 Å². The lowest BCUT2D eigenvalue weighted by Gasteiger charge is -2.29. The fourth-order valence-electron chi connectivity index (χ4n) is 19.5. The zero-order valence-electron chi connectivity index (χ0n) is 72.8. The van der Waals surface area contributed by atoms with E-state index < -0.39 is 0 Å². The zero-order chi connectivity index (χ0) is 86.4. The quantitative estimate of drug-likeness (QED) is 0.0849. The van der Waals surface area contributed by atoms with Crippen molar-refractivity contribution in [3.63, 3.8) is 0 Å². The number of hydrogen-bond donors (Lipinski definition) is 0. The highest BCUT2D eigenvalue weighted by Crippen LogP contribution is 2.56. The Hall–Kier alpha value is -15.9. The highest BCUT2D eigenvalue weighted by atomic mass is 15.2. The van der Waals surface area contributed by atoms with Crippen molar-refractivity contribution in [1.82, 2.24) is 0 Å². The Morgan fingerprint density at radius 2 is 0.391 bits per heavy atom. The van der Waals surface area contributed by atoms with E-state index in [1.165, 1.54) is 144 Å². The molecule has 0 amide bonds. The minimum Gasteiger partial charge on any atom is -0.310 e. The van der Waals surface area contributed by atoms with Crippen molar-refractivity contribution in [3.05, 3.63) is 507 Å². The smallest absolute Gasteiger partial charge is 0.0465 e. The van der Waals surface area contributed by atoms with Gasteiger partial charge in [0.25, 0.3) is 0 Å². The van der Waals surface area contributed by atoms with Crippen molar-refractivity contribution >= 4 is 89.8 Å². The zero-order valence-corrected chi connectivity index (χ0v) is 72.8. The summed E-state index contributed by atoms with van der Waals surface area (Å²) < 4.78 is 0. The molecule has 0 bridgehead atoms. The first-order valence-corrected chi connectivity index (χ1v) is 44.5. The van der Waals surface area contributed by atoms with Gasteiger partial charge in [0.05, 0.1) is 0 Å². The number of benzene rings is 20. The van der Waals surface area contributed by atoms with E-state index in [1.807, 2.05) is 0 Å². The Balaban J connectivity index is 0.000000156. The Labute approximate surface area is 752 Å². The molecule has 4 nitrogen and oxygen atoms in total. The Morgan fingerprint density at radius 3 is 0.758 bits per heavy atom. The predicted octanol–water partition coefficient (Wildman–Crippen LogP) is 34.8. The lowest BCUT2D eigenvalue weighted by atomic mass is 9.82. The van der Waals surface area contributed by atoms with E-state index in [0.29, 0.717) is 0 Å². The molecule has 0 heterocycles. The average molecular weight is 1640 g/mol. The maximum absolute atomic E-state index is 2.43. The van der Waals surface area contributed by atoms with Crippen molar-refractivity contribution in [2.75, 3.05) is 19.6 Å². The fourth-order valence-corrected chi connectivity index (χ4v) is 19.5. The third kappa shape index (κ3) is 15.3. The first-order valence-electron chi connectivity index (χ1n) is 44.5. The molecule has 2 aliphatic carbocycles. The van der Waals surface area contributed by atoms with Crippen LogP contribution in [0.5, 0.6) is 0 Å². The fraction of sp³-hybridized carbons (Fsp3) is 0.0645. The average Bonchev–Trinajstić information content (AvgIpc) is 1.51. The third-order valence-electron chi connectivity index (χ3n) is 26.2. The summed E-state index contributed by atoms with van der Waals surface area (Å²) in [7, 11) is 0. The number of anilines is 12. The second-order valence-electron chi connectivity index (χ2n) is 35.0. The topological polar surface area (TPSA) is 13.0 Å². The van der Waals surface area contributed by atoms with Crippen LogP contribution in [-0.2, 0) is 10.8 Å². The third-order valence-corrected chi connectivity index (χ3v) is 26.2. The Kier molecular flexibility index (Phi) is 20.8. The van der Waals surface area contributed by atoms with Crippen LogP contribution < -0.4 is 19.6 Å². The molecular formula is C124H96N4. The van der Waals surface area contributed by atoms with E-state index in [2.05, 4.69) is 534 Å². The molecule has 0 N–H and O–H groups in total. The van der Waals surface area contributed by atoms with Gasteiger partial charge < -0.3 is 19.6 Å². The van der Waals surface area contributed by atoms with E-state index in [4.69, 9.17) is 0 Å². The summed E-state index contributed by atoms with van der Waals surface area (Å²) in [6.07, 6.45) is 0. The molecule has 20 aromatic carbocycles. The standard InChI is InChI=1S/2C62H48N2/c1-43-14-12-21-53(40-43)64(52-34-30-49(31-35-52)57-23-13-18-48-17-10-11-22-56(48)57)55-37-39-59-58-38-36-54(41-60(58)62(2,3)61(59)42-55)63(50-19-8-5-9-20-50)51-32-28-47(29-33-51)46-26-24-45(25-27-46)44-15-6-4-7-16-44;1-43-13-12-20-55(39-43)64(54-33-29-49(30-34-54)51-26-25-45-16-10-11-17-50(45)40-51)57-36-38-59-58-37-35-56(41-60(58)62(2,3)61(59)42-57)63(52-18-8-5-9-19-52)53-31-27-48(28-32-53)47-23-21-46(22-24-47)44-14-6-4-7-15-44/h2*4-42H,1-3H3. The summed E-state index contributed by atoms with van der Waals surface area (Å²) >= 11 is 0. The summed E-state index contributed by atoms with van der Waals surface area (Å²) in [6, 6.07) is 173. The molecule has 0 atom stereocenters. The van der Waals surface area contributed by atoms with E-state index in [-0.39, 0.29) is 10.8 Å². The van der Waals surface area contributed by atoms with Gasteiger partial charge in [-0.3, -0.25) is 0 Å². The molecular weight excluding hydrogens is 1550 g/mol. The number of aryl methyl sites for hydroxylation is 2. The number of hydrogen-bond acceptors (Lipinski definition) is 4. The van der Waals surface area contributed by atoms with E-state index in [1.54, 1.807) is 0 Å². The monoisotopic (exact) mass is 1640 g/mol. The summed E-state index contributed by atoms with van der Waals surface area (Å²) in [5, 5.41) is 5.03. The first-order chi connectivity index (χ1) is 62.8. The van der Waals surface area contributed by atoms with Crippen LogP contribution in [0, 0.1) is 13.8 Å². The van der Waals surface area contributed by atoms with Crippen LogP contribution in [0.3, 0.4) is 0 Å². The number of para-hydroxylation sites is 2. The molecule has 0 saturated carbocycles. The minimum atomic E-state index is -0.245. The summed E-state index contributed by atoms with van der Waals surface area (Å²) in [5.41, 5.74) is 40.6. The molecule has 2 aliphatic rings. The van der Waals surface area contributed by atoms with Crippen molar-refractivity contribution in [2.45, 2.75) is 52.4 Å². The molecule has 0 radical (unpaired) electrons. The Morgan fingerprint density at radius 1 is 0.148 bits per heavy atom. The first kappa shape index (κ1) is 79.3. The molecule has 128 heavy (non-hydrogen) atoms. The Bertz CT molecular complexity index is 7440. The van der Waals surface area contributed by atoms with Gasteiger partial charge in [0.15, 0.2) is 0 Å². The number of rotatable bonds is 18. The molecule has 612 valence electrons. The molecule has 0 fully saturated rings. The highest BCUT2D eigenvalue weighted by Gasteiger charge is 2.39. The van der Waals surface area contributed by atoms with Crippen molar-refractivity contribution < 1.29 is 0 Å². The summed E-state index contributed by atoms with van der Waals surface area (Å²) in [5.74, 6) is 0. The van der Waals surface area contributed by atoms with Gasteiger partial charge in [-0.2, -0.15) is 0 Å². The van der Waals surface area contributed by atoms with Crippen LogP contribution in [0.15, 0.2) is 473 Å². The second-order valence-corrected chi connectivity index (χ2v) is 35.0. The largest absolute Gasteiger partial charge is 0.310 e. The normalized spacial score (nSPS) is 12.4. The van der Waals surface area contributed by atoms with Gasteiger partial charge in [-0.15, -0.1) is 0 Å². The lowest BCUT2D eigenvalue weighted by Crippen LogP contribution is -2.17. The minimum absolute atomic E-state index is 0.243. The number of fused-ring (bicyclic) bond motifs is 8. The van der Waals surface area contributed by atoms with E-state index in [9.17, 15) is 0 Å². The van der Waals surface area contributed by atoms with E-state index >= 15 is 0 Å². The van der Waals surface area contributed by atoms with Crippen molar-refractivity contribution in [3.8, 4) is 89.0 Å². The molecule has 22 rings (SSSR count). The highest BCUT2D eigenvalue weighted by molar-refractivity contribution is 5.98. The van der Waals surface area contributed by atoms with Crippen molar-refractivity contribution in [2.24, 2.45) is 0 Å².